The Labute approximate surface area is 205 Å². The predicted octanol–water partition coefficient (Wildman–Crippen LogP) is 1.54. The first-order valence-electron chi connectivity index (χ1n) is 10.7. The average Bonchev–Trinajstić information content (AvgIpc) is 3.02. The van der Waals surface area contributed by atoms with Crippen molar-refractivity contribution in [2.45, 2.75) is 50.1 Å². The fraction of sp³-hybridized carbons (Fsp3) is 0.476. The van der Waals surface area contributed by atoms with Gasteiger partial charge in [0.15, 0.2) is 6.23 Å². The molecule has 2 aromatic rings. The molecule has 1 aromatic heterocycles. The van der Waals surface area contributed by atoms with Crippen LogP contribution in [0, 0.1) is 0 Å². The Hall–Kier alpha value is -2.47. The minimum Gasteiger partial charge on any atom is -0.465 e. The minimum absolute atomic E-state index is 0.122. The van der Waals surface area contributed by atoms with Crippen LogP contribution in [-0.2, 0) is 23.4 Å². The number of alkyl halides is 1. The van der Waals surface area contributed by atoms with E-state index in [1.807, 2.05) is 0 Å². The third kappa shape index (κ3) is 6.40. The highest BCUT2D eigenvalue weighted by atomic mass is 35.5. The van der Waals surface area contributed by atoms with Crippen LogP contribution < -0.4 is 20.9 Å². The number of carbonyl (C=O) groups excluding carboxylic acids is 1. The van der Waals surface area contributed by atoms with Crippen LogP contribution in [0.15, 0.2) is 52.2 Å². The fourth-order valence-corrected chi connectivity index (χ4v) is 5.20. The molecule has 1 aliphatic rings. The number of hydrogen-bond donors (Lipinski definition) is 3. The number of H-pyrrole nitrogens is 1. The molecule has 3 N–H and O–H groups in total. The van der Waals surface area contributed by atoms with E-state index < -0.39 is 60.9 Å². The summed E-state index contributed by atoms with van der Waals surface area (Å²) in [5.74, 6) is -0.469. The molecule has 0 bridgehead atoms. The third-order valence-corrected chi connectivity index (χ3v) is 7.24. The first kappa shape index (κ1) is 27.1. The molecule has 1 aromatic carbocycles. The van der Waals surface area contributed by atoms with Crippen LogP contribution in [0.5, 0.6) is 5.75 Å². The van der Waals surface area contributed by atoms with Gasteiger partial charge in [-0.2, -0.15) is 5.09 Å². The number of aliphatic hydroxyl groups is 1. The van der Waals surface area contributed by atoms with Gasteiger partial charge in [-0.05, 0) is 32.9 Å². The maximum absolute atomic E-state index is 13.5. The number of para-hydroxylation sites is 1. The first-order chi connectivity index (χ1) is 16.5. The lowest BCUT2D eigenvalue weighted by Gasteiger charge is -2.26. The van der Waals surface area contributed by atoms with Gasteiger partial charge in [-0.1, -0.05) is 18.2 Å². The van der Waals surface area contributed by atoms with Crippen molar-refractivity contribution in [3.8, 4) is 5.75 Å². The van der Waals surface area contributed by atoms with Crippen molar-refractivity contribution in [1.29, 1.82) is 0 Å². The Morgan fingerprint density at radius 1 is 1.34 bits per heavy atom. The van der Waals surface area contributed by atoms with E-state index in [2.05, 4.69) is 10.1 Å². The van der Waals surface area contributed by atoms with E-state index in [4.69, 9.17) is 30.1 Å². The lowest BCUT2D eigenvalue weighted by molar-refractivity contribution is -0.144. The molecule has 1 aliphatic heterocycles. The molecule has 0 unspecified atom stereocenters. The smallest absolute Gasteiger partial charge is 0.459 e. The van der Waals surface area contributed by atoms with Crippen LogP contribution in [0.25, 0.3) is 0 Å². The average molecular weight is 532 g/mol. The van der Waals surface area contributed by atoms with E-state index in [1.165, 1.54) is 20.0 Å². The van der Waals surface area contributed by atoms with E-state index in [0.717, 1.165) is 10.6 Å². The second kappa shape index (κ2) is 11.1. The Morgan fingerprint density at radius 2 is 2.03 bits per heavy atom. The van der Waals surface area contributed by atoms with E-state index in [-0.39, 0.29) is 12.4 Å². The van der Waals surface area contributed by atoms with Gasteiger partial charge in [0, 0.05) is 12.3 Å². The van der Waals surface area contributed by atoms with E-state index in [0.29, 0.717) is 0 Å². The highest BCUT2D eigenvalue weighted by Gasteiger charge is 2.54. The molecule has 1 saturated heterocycles. The van der Waals surface area contributed by atoms with Crippen molar-refractivity contribution >= 4 is 25.3 Å². The van der Waals surface area contributed by atoms with E-state index in [1.54, 1.807) is 37.3 Å². The number of aromatic nitrogens is 2. The van der Waals surface area contributed by atoms with Crippen LogP contribution in [0.2, 0.25) is 0 Å². The van der Waals surface area contributed by atoms with Gasteiger partial charge < -0.3 is 19.1 Å². The normalized spacial score (nSPS) is 26.6. The molecule has 0 spiro atoms. The maximum Gasteiger partial charge on any atom is 0.459 e. The van der Waals surface area contributed by atoms with Crippen molar-refractivity contribution < 1.29 is 33.0 Å². The molecule has 192 valence electrons. The summed E-state index contributed by atoms with van der Waals surface area (Å²) in [6, 6.07) is 8.19. The monoisotopic (exact) mass is 531 g/mol. The van der Waals surface area contributed by atoms with Crippen molar-refractivity contribution in [2.24, 2.45) is 0 Å². The number of aliphatic hydroxyl groups excluding tert-OH is 1. The molecule has 0 amide bonds. The lowest BCUT2D eigenvalue weighted by atomic mass is 10.0. The third-order valence-electron chi connectivity index (χ3n) is 5.19. The number of nitrogens with one attached hydrogen (secondary N) is 2. The van der Waals surface area contributed by atoms with Crippen LogP contribution >= 0.6 is 19.3 Å². The van der Waals surface area contributed by atoms with Crippen molar-refractivity contribution in [3.05, 3.63) is 63.4 Å². The van der Waals surface area contributed by atoms with Crippen LogP contribution in [-0.4, -0.2) is 57.0 Å². The molecule has 3 rings (SSSR count). The summed E-state index contributed by atoms with van der Waals surface area (Å²) in [5, 5.41) is 13.3. The quantitative estimate of drug-likeness (QED) is 0.233. The molecule has 1 fully saturated rings. The summed E-state index contributed by atoms with van der Waals surface area (Å²) in [5.41, 5.74) is -1.40. The van der Waals surface area contributed by atoms with Crippen LogP contribution in [0.3, 0.4) is 0 Å². The molecular weight excluding hydrogens is 505 g/mol. The van der Waals surface area contributed by atoms with Gasteiger partial charge in [0.2, 0.25) is 0 Å². The predicted molar refractivity (Wildman–Crippen MR) is 125 cm³/mol. The standard InChI is InChI=1S/C21H27ClN3O9P/c1-4-31-18(28)13(2)24-35(30,34-14-8-6-5-7-9-14)32-12-15-17(27)21(3,22)19(33-15)25-11-10-16(26)23-20(25)29/h5-11,13,15,17,19,27H,4,12H2,1-3H3,(H,24,30)(H,23,26,29)/t13-,15+,17+,19+,21+,35+/m0/s1. The Balaban J connectivity index is 1.80. The Morgan fingerprint density at radius 3 is 2.66 bits per heavy atom. The second-order valence-corrected chi connectivity index (χ2v) is 10.4. The zero-order valence-corrected chi connectivity index (χ0v) is 20.9. The number of hydrogen-bond acceptors (Lipinski definition) is 9. The minimum atomic E-state index is -4.20. The van der Waals surface area contributed by atoms with Crippen molar-refractivity contribution in [1.82, 2.24) is 14.6 Å². The molecular formula is C21H27ClN3O9P. The summed E-state index contributed by atoms with van der Waals surface area (Å²) < 4.78 is 36.3. The van der Waals surface area contributed by atoms with Gasteiger partial charge in [-0.25, -0.2) is 9.36 Å². The van der Waals surface area contributed by atoms with Crippen LogP contribution in [0.1, 0.15) is 27.0 Å². The molecule has 2 heterocycles. The van der Waals surface area contributed by atoms with E-state index >= 15 is 0 Å². The molecule has 14 heteroatoms. The molecule has 0 radical (unpaired) electrons. The number of nitrogens with zero attached hydrogens (tertiary/aromatic N) is 1. The number of halogens is 1. The number of benzene rings is 1. The number of rotatable bonds is 10. The van der Waals surface area contributed by atoms with Gasteiger partial charge in [0.25, 0.3) is 5.56 Å². The van der Waals surface area contributed by atoms with E-state index in [9.17, 15) is 24.1 Å². The first-order valence-corrected chi connectivity index (χ1v) is 12.7. The van der Waals surface area contributed by atoms with Gasteiger partial charge >= 0.3 is 19.4 Å². The fourth-order valence-electron chi connectivity index (χ4n) is 3.40. The molecule has 6 atom stereocenters. The summed E-state index contributed by atoms with van der Waals surface area (Å²) in [7, 11) is -4.20. The second-order valence-electron chi connectivity index (χ2n) is 7.94. The summed E-state index contributed by atoms with van der Waals surface area (Å²) in [6.45, 7) is 4.15. The summed E-state index contributed by atoms with van der Waals surface area (Å²) in [6.07, 6.45) is -2.51. The number of aromatic amines is 1. The lowest BCUT2D eigenvalue weighted by Crippen LogP contribution is -2.43. The van der Waals surface area contributed by atoms with Gasteiger partial charge in [0.1, 0.15) is 28.9 Å². The van der Waals surface area contributed by atoms with Gasteiger partial charge in [-0.15, -0.1) is 11.6 Å². The van der Waals surface area contributed by atoms with Crippen molar-refractivity contribution in [2.75, 3.05) is 13.2 Å². The Kier molecular flexibility index (Phi) is 8.58. The molecule has 35 heavy (non-hydrogen) atoms. The van der Waals surface area contributed by atoms with Gasteiger partial charge in [-0.3, -0.25) is 23.7 Å². The zero-order valence-electron chi connectivity index (χ0n) is 19.3. The molecule has 12 nitrogen and oxygen atoms in total. The summed E-state index contributed by atoms with van der Waals surface area (Å²) >= 11 is 6.51. The zero-order chi connectivity index (χ0) is 25.8. The van der Waals surface area contributed by atoms with Crippen molar-refractivity contribution in [3.63, 3.8) is 0 Å². The largest absolute Gasteiger partial charge is 0.465 e. The number of esters is 1. The SMILES string of the molecule is CCOC(=O)[C@H](C)N[P@@](=O)(OC[C@H]1O[C@@H](n2ccc(=O)[nH]c2=O)[C@](C)(Cl)[C@@H]1O)Oc1ccccc1. The van der Waals surface area contributed by atoms with Crippen LogP contribution in [0.4, 0.5) is 0 Å². The summed E-state index contributed by atoms with van der Waals surface area (Å²) in [4.78, 5) is 36.3. The van der Waals surface area contributed by atoms with Gasteiger partial charge in [0.05, 0.1) is 13.2 Å². The maximum atomic E-state index is 13.5. The molecule has 0 saturated carbocycles. The number of ether oxygens (including phenoxy) is 2. The topological polar surface area (TPSA) is 158 Å². The Bertz CT molecular complexity index is 1190. The highest BCUT2D eigenvalue weighted by Crippen LogP contribution is 2.48. The molecule has 0 aliphatic carbocycles. The number of carbonyl (C=O) groups is 1. The highest BCUT2D eigenvalue weighted by molar-refractivity contribution is 7.52.